The summed E-state index contributed by atoms with van der Waals surface area (Å²) in [6, 6.07) is 10.6. The first-order chi connectivity index (χ1) is 8.81. The maximum Gasteiger partial charge on any atom is 0.119 e. The molecule has 0 aliphatic rings. The van der Waals surface area contributed by atoms with E-state index in [0.717, 1.165) is 18.7 Å². The minimum Gasteiger partial charge on any atom is -0.489 e. The molecule has 102 valence electrons. The van der Waals surface area contributed by atoms with Gasteiger partial charge in [0.25, 0.3) is 0 Å². The van der Waals surface area contributed by atoms with Gasteiger partial charge in [-0.1, -0.05) is 45.4 Å². The van der Waals surface area contributed by atoms with Crippen molar-refractivity contribution in [2.75, 3.05) is 6.54 Å². The standard InChI is InChI=1S/C16H27NO/c1-4-10-15(17-13-5-2)16(6-3)18-14-11-8-7-9-12-14/h7-9,11-12,15-17H,4-6,10,13H2,1-3H3. The van der Waals surface area contributed by atoms with Crippen molar-refractivity contribution >= 4 is 0 Å². The van der Waals surface area contributed by atoms with Gasteiger partial charge in [0.15, 0.2) is 0 Å². The zero-order valence-corrected chi connectivity index (χ0v) is 12.0. The van der Waals surface area contributed by atoms with Gasteiger partial charge in [0.1, 0.15) is 11.9 Å². The highest BCUT2D eigenvalue weighted by atomic mass is 16.5. The largest absolute Gasteiger partial charge is 0.489 e. The van der Waals surface area contributed by atoms with E-state index in [9.17, 15) is 0 Å². The smallest absolute Gasteiger partial charge is 0.119 e. The Morgan fingerprint density at radius 3 is 2.33 bits per heavy atom. The monoisotopic (exact) mass is 249 g/mol. The third-order valence-electron chi connectivity index (χ3n) is 3.14. The number of rotatable bonds is 9. The van der Waals surface area contributed by atoms with E-state index in [0.29, 0.717) is 6.04 Å². The molecule has 2 nitrogen and oxygen atoms in total. The summed E-state index contributed by atoms with van der Waals surface area (Å²) >= 11 is 0. The van der Waals surface area contributed by atoms with Crippen LogP contribution in [0.25, 0.3) is 0 Å². The predicted octanol–water partition coefficient (Wildman–Crippen LogP) is 4.01. The lowest BCUT2D eigenvalue weighted by atomic mass is 10.0. The topological polar surface area (TPSA) is 21.3 Å². The minimum absolute atomic E-state index is 0.263. The van der Waals surface area contributed by atoms with E-state index in [2.05, 4.69) is 26.1 Å². The maximum absolute atomic E-state index is 6.11. The number of nitrogens with one attached hydrogen (secondary N) is 1. The van der Waals surface area contributed by atoms with Crippen molar-refractivity contribution in [3.63, 3.8) is 0 Å². The first kappa shape index (κ1) is 15.0. The van der Waals surface area contributed by atoms with E-state index in [1.54, 1.807) is 0 Å². The van der Waals surface area contributed by atoms with Crippen LogP contribution >= 0.6 is 0 Å². The number of ether oxygens (including phenoxy) is 1. The van der Waals surface area contributed by atoms with E-state index >= 15 is 0 Å². The fraction of sp³-hybridized carbons (Fsp3) is 0.625. The molecular weight excluding hydrogens is 222 g/mol. The molecule has 0 bridgehead atoms. The second-order valence-corrected chi connectivity index (χ2v) is 4.73. The quantitative estimate of drug-likeness (QED) is 0.714. The third kappa shape index (κ3) is 5.09. The van der Waals surface area contributed by atoms with E-state index in [1.807, 2.05) is 30.3 Å². The summed E-state index contributed by atoms with van der Waals surface area (Å²) in [5.41, 5.74) is 0. The normalized spacial score (nSPS) is 14.2. The van der Waals surface area contributed by atoms with Crippen molar-refractivity contribution in [3.8, 4) is 5.75 Å². The SMILES string of the molecule is CCCNC(CCC)C(CC)Oc1ccccc1. The van der Waals surface area contributed by atoms with Crippen molar-refractivity contribution in [1.29, 1.82) is 0 Å². The molecule has 1 aromatic carbocycles. The molecule has 0 amide bonds. The average Bonchev–Trinajstić information content (AvgIpc) is 2.42. The second-order valence-electron chi connectivity index (χ2n) is 4.73. The molecule has 0 spiro atoms. The summed E-state index contributed by atoms with van der Waals surface area (Å²) in [5, 5.41) is 3.62. The van der Waals surface area contributed by atoms with Crippen molar-refractivity contribution in [2.45, 2.75) is 58.6 Å². The van der Waals surface area contributed by atoms with Crippen LogP contribution in [0.15, 0.2) is 30.3 Å². The summed E-state index contributed by atoms with van der Waals surface area (Å²) < 4.78 is 6.11. The van der Waals surface area contributed by atoms with Crippen LogP contribution in [-0.2, 0) is 0 Å². The summed E-state index contributed by atoms with van der Waals surface area (Å²) in [4.78, 5) is 0. The highest BCUT2D eigenvalue weighted by molar-refractivity contribution is 5.21. The Balaban J connectivity index is 2.60. The molecule has 18 heavy (non-hydrogen) atoms. The first-order valence-electron chi connectivity index (χ1n) is 7.26. The van der Waals surface area contributed by atoms with E-state index in [1.165, 1.54) is 19.3 Å². The Morgan fingerprint density at radius 2 is 1.78 bits per heavy atom. The Labute approximate surface area is 112 Å². The molecule has 1 N–H and O–H groups in total. The highest BCUT2D eigenvalue weighted by Gasteiger charge is 2.20. The van der Waals surface area contributed by atoms with Crippen LogP contribution in [0.1, 0.15) is 46.5 Å². The fourth-order valence-corrected chi connectivity index (χ4v) is 2.18. The minimum atomic E-state index is 0.263. The van der Waals surface area contributed by atoms with Gasteiger partial charge in [0.05, 0.1) is 0 Å². The lowest BCUT2D eigenvalue weighted by Gasteiger charge is -2.28. The second kappa shape index (κ2) is 8.98. The third-order valence-corrected chi connectivity index (χ3v) is 3.14. The van der Waals surface area contributed by atoms with Crippen molar-refractivity contribution in [1.82, 2.24) is 5.32 Å². The van der Waals surface area contributed by atoms with Crippen LogP contribution in [0.4, 0.5) is 0 Å². The van der Waals surface area contributed by atoms with Crippen LogP contribution in [-0.4, -0.2) is 18.7 Å². The van der Waals surface area contributed by atoms with Crippen LogP contribution in [0.3, 0.4) is 0 Å². The van der Waals surface area contributed by atoms with Gasteiger partial charge in [-0.2, -0.15) is 0 Å². The lowest BCUT2D eigenvalue weighted by molar-refractivity contribution is 0.142. The summed E-state index contributed by atoms with van der Waals surface area (Å²) in [7, 11) is 0. The molecule has 2 unspecified atom stereocenters. The summed E-state index contributed by atoms with van der Waals surface area (Å²) in [5.74, 6) is 0.976. The Bertz CT molecular complexity index is 299. The molecule has 0 saturated heterocycles. The molecule has 1 aromatic rings. The van der Waals surface area contributed by atoms with Crippen molar-refractivity contribution in [2.24, 2.45) is 0 Å². The zero-order chi connectivity index (χ0) is 13.2. The number of benzene rings is 1. The first-order valence-corrected chi connectivity index (χ1v) is 7.26. The number of hydrogen-bond donors (Lipinski definition) is 1. The molecule has 0 heterocycles. The predicted molar refractivity (Wildman–Crippen MR) is 78.1 cm³/mol. The van der Waals surface area contributed by atoms with E-state index in [-0.39, 0.29) is 6.10 Å². The molecule has 0 aliphatic heterocycles. The Kier molecular flexibility index (Phi) is 7.51. The van der Waals surface area contributed by atoms with E-state index in [4.69, 9.17) is 4.74 Å². The number of para-hydroxylation sites is 1. The molecule has 1 rings (SSSR count). The molecule has 0 fully saturated rings. The van der Waals surface area contributed by atoms with Gasteiger partial charge in [-0.15, -0.1) is 0 Å². The number of hydrogen-bond acceptors (Lipinski definition) is 2. The summed E-state index contributed by atoms with van der Waals surface area (Å²) in [6.45, 7) is 7.70. The molecule has 0 aliphatic carbocycles. The van der Waals surface area contributed by atoms with Gasteiger partial charge in [0, 0.05) is 6.04 Å². The lowest BCUT2D eigenvalue weighted by Crippen LogP contribution is -2.43. The van der Waals surface area contributed by atoms with Crippen LogP contribution in [0.2, 0.25) is 0 Å². The molecule has 0 saturated carbocycles. The van der Waals surface area contributed by atoms with Gasteiger partial charge in [-0.25, -0.2) is 0 Å². The fourth-order valence-electron chi connectivity index (χ4n) is 2.18. The molecule has 2 atom stereocenters. The van der Waals surface area contributed by atoms with Gasteiger partial charge in [-0.3, -0.25) is 0 Å². The van der Waals surface area contributed by atoms with Crippen molar-refractivity contribution in [3.05, 3.63) is 30.3 Å². The molecule has 0 radical (unpaired) electrons. The van der Waals surface area contributed by atoms with Crippen molar-refractivity contribution < 1.29 is 4.74 Å². The van der Waals surface area contributed by atoms with Crippen LogP contribution < -0.4 is 10.1 Å². The zero-order valence-electron chi connectivity index (χ0n) is 12.0. The van der Waals surface area contributed by atoms with Gasteiger partial charge in [0.2, 0.25) is 0 Å². The van der Waals surface area contributed by atoms with Gasteiger partial charge < -0.3 is 10.1 Å². The van der Waals surface area contributed by atoms with Gasteiger partial charge >= 0.3 is 0 Å². The molecule has 2 heteroatoms. The van der Waals surface area contributed by atoms with E-state index < -0.39 is 0 Å². The summed E-state index contributed by atoms with van der Waals surface area (Å²) in [6.07, 6.45) is 4.83. The van der Waals surface area contributed by atoms with Crippen LogP contribution in [0, 0.1) is 0 Å². The molecular formula is C16H27NO. The Hall–Kier alpha value is -1.02. The van der Waals surface area contributed by atoms with Gasteiger partial charge in [-0.05, 0) is 37.9 Å². The van der Waals surface area contributed by atoms with Crippen LogP contribution in [0.5, 0.6) is 5.75 Å². The Morgan fingerprint density at radius 1 is 1.06 bits per heavy atom. The molecule has 0 aromatic heterocycles. The average molecular weight is 249 g/mol. The highest BCUT2D eigenvalue weighted by Crippen LogP contribution is 2.16. The maximum atomic E-state index is 6.11.